The maximum atomic E-state index is 13.5. The van der Waals surface area contributed by atoms with Crippen LogP contribution in [0.3, 0.4) is 0 Å². The fourth-order valence-corrected chi connectivity index (χ4v) is 7.28. The lowest BCUT2D eigenvalue weighted by Gasteiger charge is -2.34. The lowest BCUT2D eigenvalue weighted by atomic mass is 9.94. The number of rotatable bonds is 8. The van der Waals surface area contributed by atoms with Crippen LogP contribution in [0.1, 0.15) is 62.5 Å². The molecule has 2 atom stereocenters. The molecule has 2 N–H and O–H groups in total. The van der Waals surface area contributed by atoms with Gasteiger partial charge in [-0.05, 0) is 73.7 Å². The minimum Gasteiger partial charge on any atom is -0.321 e. The van der Waals surface area contributed by atoms with Crippen molar-refractivity contribution in [2.24, 2.45) is 11.8 Å². The van der Waals surface area contributed by atoms with Crippen molar-refractivity contribution < 1.29 is 22.8 Å². The summed E-state index contributed by atoms with van der Waals surface area (Å²) in [6.45, 7) is 6.91. The van der Waals surface area contributed by atoms with E-state index in [9.17, 15) is 22.8 Å². The van der Waals surface area contributed by atoms with Crippen molar-refractivity contribution in [1.82, 2.24) is 4.31 Å². The van der Waals surface area contributed by atoms with Crippen molar-refractivity contribution in [3.05, 3.63) is 125 Å². The van der Waals surface area contributed by atoms with Gasteiger partial charge in [0.2, 0.25) is 10.0 Å². The molecule has 4 aromatic carbocycles. The van der Waals surface area contributed by atoms with Gasteiger partial charge in [0.1, 0.15) is 0 Å². The monoisotopic (exact) mass is 609 g/mol. The van der Waals surface area contributed by atoms with Crippen LogP contribution in [0.2, 0.25) is 0 Å². The maximum absolute atomic E-state index is 13.5. The summed E-state index contributed by atoms with van der Waals surface area (Å²) in [7, 11) is -3.68. The Morgan fingerprint density at radius 2 is 1.27 bits per heavy atom. The van der Waals surface area contributed by atoms with Crippen LogP contribution in [0.25, 0.3) is 0 Å². The number of carbonyl (C=O) groups excluding carboxylic acids is 3. The summed E-state index contributed by atoms with van der Waals surface area (Å²) < 4.78 is 28.0. The number of piperidine rings is 1. The first-order chi connectivity index (χ1) is 21.0. The summed E-state index contributed by atoms with van der Waals surface area (Å²) in [5, 5.41) is 5.61. The van der Waals surface area contributed by atoms with Crippen molar-refractivity contribution in [1.29, 1.82) is 0 Å². The summed E-state index contributed by atoms with van der Waals surface area (Å²) in [4.78, 5) is 40.0. The van der Waals surface area contributed by atoms with E-state index in [1.807, 2.05) is 26.8 Å². The number of ketones is 1. The van der Waals surface area contributed by atoms with Gasteiger partial charge in [0.05, 0.1) is 21.8 Å². The number of benzene rings is 4. The van der Waals surface area contributed by atoms with Crippen LogP contribution >= 0.6 is 0 Å². The number of anilines is 2. The highest BCUT2D eigenvalue weighted by molar-refractivity contribution is 7.89. The summed E-state index contributed by atoms with van der Waals surface area (Å²) >= 11 is 0. The molecule has 0 aromatic heterocycles. The topological polar surface area (TPSA) is 113 Å². The maximum Gasteiger partial charge on any atom is 0.257 e. The largest absolute Gasteiger partial charge is 0.321 e. The van der Waals surface area contributed by atoms with E-state index in [0.29, 0.717) is 29.9 Å². The van der Waals surface area contributed by atoms with E-state index in [0.717, 1.165) is 12.0 Å². The van der Waals surface area contributed by atoms with Crippen LogP contribution in [0, 0.1) is 18.8 Å². The van der Waals surface area contributed by atoms with E-state index < -0.39 is 21.8 Å². The van der Waals surface area contributed by atoms with E-state index in [4.69, 9.17) is 0 Å². The molecule has 226 valence electrons. The number of sulfonamides is 1. The molecule has 1 heterocycles. The molecule has 2 unspecified atom stereocenters. The molecule has 44 heavy (non-hydrogen) atoms. The van der Waals surface area contributed by atoms with Crippen LogP contribution in [-0.2, 0) is 10.0 Å². The van der Waals surface area contributed by atoms with Gasteiger partial charge >= 0.3 is 0 Å². The average Bonchev–Trinajstić information content (AvgIpc) is 3.01. The molecule has 2 amide bonds. The first kappa shape index (κ1) is 30.8. The zero-order valence-corrected chi connectivity index (χ0v) is 25.7. The van der Waals surface area contributed by atoms with Crippen molar-refractivity contribution >= 4 is 39.0 Å². The second-order valence-electron chi connectivity index (χ2n) is 11.5. The van der Waals surface area contributed by atoms with Gasteiger partial charge in [-0.3, -0.25) is 14.4 Å². The molecule has 8 nitrogen and oxygen atoms in total. The van der Waals surface area contributed by atoms with Crippen molar-refractivity contribution in [2.45, 2.75) is 32.1 Å². The second-order valence-corrected chi connectivity index (χ2v) is 13.4. The molecule has 4 aromatic rings. The Kier molecular flexibility index (Phi) is 9.08. The van der Waals surface area contributed by atoms with Gasteiger partial charge in [-0.15, -0.1) is 0 Å². The molecule has 0 spiro atoms. The Morgan fingerprint density at radius 3 is 1.95 bits per heavy atom. The molecular weight excluding hydrogens is 574 g/mol. The fourth-order valence-electron chi connectivity index (χ4n) is 5.60. The molecule has 5 rings (SSSR count). The summed E-state index contributed by atoms with van der Waals surface area (Å²) in [5.74, 6) is -0.667. The van der Waals surface area contributed by atoms with Gasteiger partial charge in [-0.2, -0.15) is 4.31 Å². The van der Waals surface area contributed by atoms with Crippen molar-refractivity contribution in [3.63, 3.8) is 0 Å². The van der Waals surface area contributed by atoms with E-state index in [1.54, 1.807) is 66.7 Å². The Labute approximate surface area is 258 Å². The number of amides is 2. The third-order valence-corrected chi connectivity index (χ3v) is 9.56. The van der Waals surface area contributed by atoms with Gasteiger partial charge in [0.25, 0.3) is 11.8 Å². The highest BCUT2D eigenvalue weighted by Crippen LogP contribution is 2.28. The summed E-state index contributed by atoms with van der Waals surface area (Å²) in [6.07, 6.45) is 0.989. The number of aryl methyl sites for hydroxylation is 1. The number of nitrogens with one attached hydrogen (secondary N) is 2. The average molecular weight is 610 g/mol. The molecule has 1 saturated heterocycles. The molecule has 0 bridgehead atoms. The van der Waals surface area contributed by atoms with Gasteiger partial charge < -0.3 is 10.6 Å². The Morgan fingerprint density at radius 1 is 0.682 bits per heavy atom. The van der Waals surface area contributed by atoms with Crippen LogP contribution in [-0.4, -0.2) is 43.4 Å². The first-order valence-electron chi connectivity index (χ1n) is 14.5. The fraction of sp³-hybridized carbons (Fsp3) is 0.229. The van der Waals surface area contributed by atoms with Crippen LogP contribution in [0.4, 0.5) is 11.4 Å². The van der Waals surface area contributed by atoms with E-state index in [1.165, 1.54) is 28.6 Å². The van der Waals surface area contributed by atoms with Gasteiger partial charge in [-0.25, -0.2) is 8.42 Å². The Balaban J connectivity index is 1.33. The second kappa shape index (κ2) is 13.0. The van der Waals surface area contributed by atoms with Gasteiger partial charge in [-0.1, -0.05) is 67.9 Å². The quantitative estimate of drug-likeness (QED) is 0.225. The molecule has 0 saturated carbocycles. The minimum atomic E-state index is -3.68. The Hall–Kier alpha value is -4.60. The standard InChI is InChI=1S/C35H35N3O5S/c1-23-13-18-32(30(20-23)33(39)26-9-5-4-6-10-26)37-35(41)29-11-7-8-12-31(29)36-34(40)27-14-16-28(17-15-27)44(42,43)38-21-24(2)19-25(3)22-38/h4-18,20,24-25H,19,21-22H2,1-3H3,(H,36,40)(H,37,41). The molecule has 1 fully saturated rings. The summed E-state index contributed by atoms with van der Waals surface area (Å²) in [6, 6.07) is 26.4. The van der Waals surface area contributed by atoms with Crippen molar-refractivity contribution in [3.8, 4) is 0 Å². The smallest absolute Gasteiger partial charge is 0.257 e. The first-order valence-corrected chi connectivity index (χ1v) is 16.0. The number of para-hydroxylation sites is 1. The highest BCUT2D eigenvalue weighted by Gasteiger charge is 2.31. The SMILES string of the molecule is Cc1ccc(NC(=O)c2ccccc2NC(=O)c2ccc(S(=O)(=O)N3CC(C)CC(C)C3)cc2)c(C(=O)c2ccccc2)c1. The predicted molar refractivity (Wildman–Crippen MR) is 172 cm³/mol. The number of hydrogen-bond acceptors (Lipinski definition) is 5. The van der Waals surface area contributed by atoms with E-state index >= 15 is 0 Å². The lowest BCUT2D eigenvalue weighted by Crippen LogP contribution is -2.42. The van der Waals surface area contributed by atoms with Crippen molar-refractivity contribution in [2.75, 3.05) is 23.7 Å². The number of carbonyl (C=O) groups is 3. The molecule has 0 aliphatic carbocycles. The van der Waals surface area contributed by atoms with Gasteiger partial charge in [0.15, 0.2) is 5.78 Å². The molecule has 1 aliphatic heterocycles. The van der Waals surface area contributed by atoms with Crippen LogP contribution in [0.15, 0.2) is 102 Å². The summed E-state index contributed by atoms with van der Waals surface area (Å²) in [5.41, 5.74) is 2.79. The number of hydrogen-bond donors (Lipinski definition) is 2. The molecule has 9 heteroatoms. The van der Waals surface area contributed by atoms with Crippen LogP contribution in [0.5, 0.6) is 0 Å². The van der Waals surface area contributed by atoms with E-state index in [-0.39, 0.29) is 39.3 Å². The third kappa shape index (κ3) is 6.79. The molecular formula is C35H35N3O5S. The third-order valence-electron chi connectivity index (χ3n) is 7.71. The lowest BCUT2D eigenvalue weighted by molar-refractivity contribution is 0.102. The van der Waals surface area contributed by atoms with Crippen LogP contribution < -0.4 is 10.6 Å². The number of nitrogens with zero attached hydrogens (tertiary/aromatic N) is 1. The van der Waals surface area contributed by atoms with E-state index in [2.05, 4.69) is 10.6 Å². The minimum absolute atomic E-state index is 0.133. The zero-order chi connectivity index (χ0) is 31.4. The normalized spacial score (nSPS) is 17.1. The predicted octanol–water partition coefficient (Wildman–Crippen LogP) is 6.40. The zero-order valence-electron chi connectivity index (χ0n) is 24.9. The van der Waals surface area contributed by atoms with Gasteiger partial charge in [0, 0.05) is 29.8 Å². The Bertz CT molecular complexity index is 1790. The highest BCUT2D eigenvalue weighted by atomic mass is 32.2. The molecule has 0 radical (unpaired) electrons. The molecule has 1 aliphatic rings.